The summed E-state index contributed by atoms with van der Waals surface area (Å²) in [6.07, 6.45) is -1.04. The molecule has 0 aliphatic carbocycles. The first kappa shape index (κ1) is 19.0. The van der Waals surface area contributed by atoms with Crippen molar-refractivity contribution < 1.29 is 22.7 Å². The van der Waals surface area contributed by atoms with E-state index in [-0.39, 0.29) is 23.0 Å². The van der Waals surface area contributed by atoms with Crippen molar-refractivity contribution in [2.24, 2.45) is 0 Å². The van der Waals surface area contributed by atoms with Gasteiger partial charge >= 0.3 is 6.18 Å². The number of alkyl halides is 3. The van der Waals surface area contributed by atoms with Gasteiger partial charge in [0.05, 0.1) is 5.56 Å². The second-order valence-corrected chi connectivity index (χ2v) is 5.45. The monoisotopic (exact) mass is 361 g/mol. The van der Waals surface area contributed by atoms with Gasteiger partial charge in [-0.05, 0) is 30.3 Å². The van der Waals surface area contributed by atoms with E-state index in [9.17, 15) is 18.0 Å². The van der Waals surface area contributed by atoms with Crippen molar-refractivity contribution in [3.8, 4) is 17.6 Å². The van der Waals surface area contributed by atoms with Crippen LogP contribution in [0.4, 0.5) is 13.2 Å². The van der Waals surface area contributed by atoms with Crippen LogP contribution in [0.3, 0.4) is 0 Å². The van der Waals surface area contributed by atoms with Gasteiger partial charge in [0.15, 0.2) is 17.2 Å². The first-order valence-electron chi connectivity index (χ1n) is 7.35. The van der Waals surface area contributed by atoms with Crippen LogP contribution < -0.4 is 4.74 Å². The van der Waals surface area contributed by atoms with Crippen molar-refractivity contribution in [1.82, 2.24) is 9.88 Å². The average molecular weight is 361 g/mol. The van der Waals surface area contributed by atoms with Crippen molar-refractivity contribution >= 4 is 5.78 Å². The Morgan fingerprint density at radius 1 is 1.27 bits per heavy atom. The lowest BCUT2D eigenvalue weighted by molar-refractivity contribution is -0.137. The lowest BCUT2D eigenvalue weighted by Crippen LogP contribution is -2.06. The molecule has 0 amide bonds. The third kappa shape index (κ3) is 4.83. The molecule has 8 heteroatoms. The van der Waals surface area contributed by atoms with Gasteiger partial charge in [-0.2, -0.15) is 18.4 Å². The van der Waals surface area contributed by atoms with Crippen molar-refractivity contribution in [2.45, 2.75) is 6.18 Å². The fourth-order valence-electron chi connectivity index (χ4n) is 1.89. The van der Waals surface area contributed by atoms with Gasteiger partial charge < -0.3 is 9.64 Å². The maximum Gasteiger partial charge on any atom is 0.418 e. The number of nitriles is 1. The van der Waals surface area contributed by atoms with E-state index in [4.69, 9.17) is 10.00 Å². The van der Waals surface area contributed by atoms with Gasteiger partial charge in [0.25, 0.3) is 0 Å². The summed E-state index contributed by atoms with van der Waals surface area (Å²) in [5, 5.41) is 8.98. The molecule has 1 heterocycles. The summed E-state index contributed by atoms with van der Waals surface area (Å²) in [5.41, 5.74) is -0.905. The number of benzene rings is 1. The number of hydrogen-bond donors (Lipinski definition) is 0. The van der Waals surface area contributed by atoms with Crippen LogP contribution in [0.25, 0.3) is 0 Å². The molecule has 26 heavy (non-hydrogen) atoms. The minimum Gasteiger partial charge on any atom is -0.454 e. The highest BCUT2D eigenvalue weighted by Gasteiger charge is 2.32. The maximum absolute atomic E-state index is 12.8. The summed E-state index contributed by atoms with van der Waals surface area (Å²) in [6.45, 7) is 0. The van der Waals surface area contributed by atoms with E-state index >= 15 is 0 Å². The standard InChI is InChI=1S/C18H14F3N3O2/c1-24(2)8-7-16(25)12-3-5-14(6-4-12)26-17-9-13(18(19,20)21)11-23-15(17)10-22/h3-9,11H,1-2H3. The summed E-state index contributed by atoms with van der Waals surface area (Å²) < 4.78 is 43.7. The molecular formula is C18H14F3N3O2. The molecule has 0 aliphatic rings. The zero-order valence-electron chi connectivity index (χ0n) is 13.9. The number of aromatic nitrogens is 1. The van der Waals surface area contributed by atoms with Crippen LogP contribution in [-0.2, 0) is 6.18 Å². The topological polar surface area (TPSA) is 66.2 Å². The molecule has 5 nitrogen and oxygen atoms in total. The van der Waals surface area contributed by atoms with Crippen LogP contribution in [0.1, 0.15) is 21.6 Å². The molecule has 0 saturated heterocycles. The summed E-state index contributed by atoms with van der Waals surface area (Å²) in [5.74, 6) is -0.367. The van der Waals surface area contributed by atoms with E-state index in [1.165, 1.54) is 30.3 Å². The minimum absolute atomic E-state index is 0.177. The van der Waals surface area contributed by atoms with Crippen LogP contribution in [0.15, 0.2) is 48.8 Å². The number of pyridine rings is 1. The van der Waals surface area contributed by atoms with Gasteiger partial charge in [-0.15, -0.1) is 0 Å². The van der Waals surface area contributed by atoms with Gasteiger partial charge in [-0.25, -0.2) is 4.98 Å². The Morgan fingerprint density at radius 3 is 2.46 bits per heavy atom. The highest BCUT2D eigenvalue weighted by molar-refractivity contribution is 6.04. The normalized spacial score (nSPS) is 11.2. The third-order valence-electron chi connectivity index (χ3n) is 3.18. The number of carbonyl (C=O) groups is 1. The molecule has 1 aromatic carbocycles. The predicted octanol–water partition coefficient (Wildman–Crippen LogP) is 4.02. The number of ether oxygens (including phenoxy) is 1. The van der Waals surface area contributed by atoms with Crippen LogP contribution in [0.5, 0.6) is 11.5 Å². The zero-order chi connectivity index (χ0) is 19.3. The number of halogens is 3. The second-order valence-electron chi connectivity index (χ2n) is 5.45. The van der Waals surface area contributed by atoms with Crippen molar-refractivity contribution in [2.75, 3.05) is 14.1 Å². The lowest BCUT2D eigenvalue weighted by atomic mass is 10.1. The highest BCUT2D eigenvalue weighted by Crippen LogP contribution is 2.33. The molecule has 0 atom stereocenters. The maximum atomic E-state index is 12.8. The number of rotatable bonds is 5. The van der Waals surface area contributed by atoms with Gasteiger partial charge in [-0.3, -0.25) is 4.79 Å². The predicted molar refractivity (Wildman–Crippen MR) is 87.6 cm³/mol. The molecule has 0 fully saturated rings. The number of hydrogen-bond acceptors (Lipinski definition) is 5. The Bertz CT molecular complexity index is 867. The first-order chi connectivity index (χ1) is 12.2. The van der Waals surface area contributed by atoms with Gasteiger partial charge in [-0.1, -0.05) is 0 Å². The Balaban J connectivity index is 2.24. The van der Waals surface area contributed by atoms with Gasteiger partial charge in [0.2, 0.25) is 0 Å². The molecular weight excluding hydrogens is 347 g/mol. The summed E-state index contributed by atoms with van der Waals surface area (Å²) >= 11 is 0. The Morgan fingerprint density at radius 2 is 1.92 bits per heavy atom. The van der Waals surface area contributed by atoms with Crippen LogP contribution >= 0.6 is 0 Å². The first-order valence-corrected chi connectivity index (χ1v) is 7.35. The molecule has 2 rings (SSSR count). The third-order valence-corrected chi connectivity index (χ3v) is 3.18. The quantitative estimate of drug-likeness (QED) is 0.594. The minimum atomic E-state index is -4.60. The van der Waals surface area contributed by atoms with Crippen LogP contribution in [0.2, 0.25) is 0 Å². The van der Waals surface area contributed by atoms with E-state index in [0.29, 0.717) is 17.8 Å². The Kier molecular flexibility index (Phi) is 5.62. The molecule has 0 radical (unpaired) electrons. The van der Waals surface area contributed by atoms with E-state index in [1.54, 1.807) is 31.3 Å². The molecule has 0 spiro atoms. The molecule has 0 saturated carbocycles. The van der Waals surface area contributed by atoms with Gasteiger partial charge in [0, 0.05) is 38.1 Å². The van der Waals surface area contributed by atoms with Crippen molar-refractivity contribution in [3.05, 3.63) is 65.6 Å². The Hall–Kier alpha value is -3.34. The number of allylic oxidation sites excluding steroid dienone is 1. The SMILES string of the molecule is CN(C)C=CC(=O)c1ccc(Oc2cc(C(F)(F)F)cnc2C#N)cc1. The fourth-order valence-corrected chi connectivity index (χ4v) is 1.89. The number of ketones is 1. The number of carbonyl (C=O) groups excluding carboxylic acids is 1. The van der Waals surface area contributed by atoms with E-state index in [1.807, 2.05) is 0 Å². The zero-order valence-corrected chi connectivity index (χ0v) is 13.9. The lowest BCUT2D eigenvalue weighted by Gasteiger charge is -2.11. The van der Waals surface area contributed by atoms with E-state index in [0.717, 1.165) is 0 Å². The second kappa shape index (κ2) is 7.70. The largest absolute Gasteiger partial charge is 0.454 e. The van der Waals surface area contributed by atoms with Crippen LogP contribution in [0, 0.1) is 11.3 Å². The van der Waals surface area contributed by atoms with E-state index < -0.39 is 11.7 Å². The summed E-state index contributed by atoms with van der Waals surface area (Å²) in [7, 11) is 3.55. The van der Waals surface area contributed by atoms with Crippen molar-refractivity contribution in [3.63, 3.8) is 0 Å². The highest BCUT2D eigenvalue weighted by atomic mass is 19.4. The molecule has 134 valence electrons. The van der Waals surface area contributed by atoms with Crippen molar-refractivity contribution in [1.29, 1.82) is 5.26 Å². The average Bonchev–Trinajstić information content (AvgIpc) is 2.59. The summed E-state index contributed by atoms with van der Waals surface area (Å²) in [4.78, 5) is 17.1. The molecule has 1 aromatic heterocycles. The molecule has 0 N–H and O–H groups in total. The van der Waals surface area contributed by atoms with Gasteiger partial charge in [0.1, 0.15) is 11.8 Å². The number of nitrogens with zero attached hydrogens (tertiary/aromatic N) is 3. The molecule has 0 bridgehead atoms. The molecule has 0 aliphatic heterocycles. The van der Waals surface area contributed by atoms with E-state index in [2.05, 4.69) is 4.98 Å². The van der Waals surface area contributed by atoms with Crippen LogP contribution in [-0.4, -0.2) is 29.8 Å². The smallest absolute Gasteiger partial charge is 0.418 e. The Labute approximate surface area is 147 Å². The summed E-state index contributed by atoms with van der Waals surface area (Å²) in [6, 6.07) is 8.20. The fraction of sp³-hybridized carbons (Fsp3) is 0.167. The molecule has 0 unspecified atom stereocenters. The molecule has 2 aromatic rings.